The molecule has 176 valence electrons. The van der Waals surface area contributed by atoms with Gasteiger partial charge in [0, 0.05) is 42.6 Å². The Morgan fingerprint density at radius 1 is 1.09 bits per heavy atom. The molecule has 0 atom stereocenters. The first-order valence-electron chi connectivity index (χ1n) is 10.7. The number of aryl methyl sites for hydroxylation is 1. The summed E-state index contributed by atoms with van der Waals surface area (Å²) in [6.07, 6.45) is 0.855. The third-order valence-electron chi connectivity index (χ3n) is 5.80. The lowest BCUT2D eigenvalue weighted by molar-refractivity contribution is 0.0697. The molecule has 0 bridgehead atoms. The maximum absolute atomic E-state index is 13.2. The van der Waals surface area contributed by atoms with Crippen LogP contribution < -0.4 is 0 Å². The quantitative estimate of drug-likeness (QED) is 0.511. The molecule has 1 amide bonds. The van der Waals surface area contributed by atoms with Gasteiger partial charge in [-0.3, -0.25) is 4.79 Å². The number of piperazine rings is 1. The number of hydrogen-bond donors (Lipinski definition) is 0. The number of sulfonamides is 1. The minimum atomic E-state index is -3.65. The third-order valence-corrected chi connectivity index (χ3v) is 9.13. The smallest absolute Gasteiger partial charge is 0.282 e. The maximum atomic E-state index is 13.2. The Hall–Kier alpha value is -2.04. The third kappa shape index (κ3) is 5.22. The molecule has 0 radical (unpaired) electrons. The monoisotopic (exact) mass is 506 g/mol. The standard InChI is InChI=1S/C23H27ClN4O3S2/c1-16-21(8-9-26(2)3)32-22(25-16)23(29)27-10-12-28(13-11-27)33(30,31)20-7-5-17-14-19(24)6-4-18(17)15-20/h4-7,14-15H,8-13H2,1-3H3. The summed E-state index contributed by atoms with van der Waals surface area (Å²) in [4.78, 5) is 22.6. The van der Waals surface area contributed by atoms with Gasteiger partial charge in [0.25, 0.3) is 5.91 Å². The second kappa shape index (κ2) is 9.68. The number of nitrogens with zero attached hydrogens (tertiary/aromatic N) is 4. The summed E-state index contributed by atoms with van der Waals surface area (Å²) in [6.45, 7) is 4.02. The Labute approximate surface area is 203 Å². The van der Waals surface area contributed by atoms with E-state index >= 15 is 0 Å². The van der Waals surface area contributed by atoms with Crippen molar-refractivity contribution in [3.05, 3.63) is 57.0 Å². The van der Waals surface area contributed by atoms with Crippen molar-refractivity contribution >= 4 is 49.6 Å². The van der Waals surface area contributed by atoms with Crippen LogP contribution in [0.3, 0.4) is 0 Å². The number of aromatic nitrogens is 1. The van der Waals surface area contributed by atoms with Crippen molar-refractivity contribution in [1.29, 1.82) is 0 Å². The van der Waals surface area contributed by atoms with E-state index in [1.165, 1.54) is 15.6 Å². The van der Waals surface area contributed by atoms with E-state index in [1.54, 1.807) is 29.2 Å². The molecule has 0 saturated carbocycles. The number of halogens is 1. The number of carbonyl (C=O) groups is 1. The second-order valence-electron chi connectivity index (χ2n) is 8.43. The number of carbonyl (C=O) groups excluding carboxylic acids is 1. The molecule has 0 unspecified atom stereocenters. The maximum Gasteiger partial charge on any atom is 0.282 e. The molecule has 1 aromatic heterocycles. The van der Waals surface area contributed by atoms with E-state index in [-0.39, 0.29) is 23.9 Å². The molecule has 1 aliphatic rings. The Morgan fingerprint density at radius 3 is 2.45 bits per heavy atom. The van der Waals surface area contributed by atoms with Crippen LogP contribution in [-0.2, 0) is 16.4 Å². The highest BCUT2D eigenvalue weighted by molar-refractivity contribution is 7.89. The molecule has 1 fully saturated rings. The number of rotatable bonds is 6. The van der Waals surface area contributed by atoms with Crippen LogP contribution in [0.15, 0.2) is 41.3 Å². The highest BCUT2D eigenvalue weighted by Crippen LogP contribution is 2.26. The van der Waals surface area contributed by atoms with Crippen LogP contribution >= 0.6 is 22.9 Å². The molecule has 0 N–H and O–H groups in total. The van der Waals surface area contributed by atoms with E-state index < -0.39 is 10.0 Å². The number of amides is 1. The van der Waals surface area contributed by atoms with Crippen molar-refractivity contribution in [2.24, 2.45) is 0 Å². The predicted molar refractivity (Wildman–Crippen MR) is 133 cm³/mol. The van der Waals surface area contributed by atoms with E-state index in [0.717, 1.165) is 34.3 Å². The first-order valence-corrected chi connectivity index (χ1v) is 13.4. The van der Waals surface area contributed by atoms with Crippen LogP contribution in [0.5, 0.6) is 0 Å². The van der Waals surface area contributed by atoms with Gasteiger partial charge in [0.15, 0.2) is 5.01 Å². The van der Waals surface area contributed by atoms with Crippen molar-refractivity contribution in [1.82, 2.24) is 19.1 Å². The number of benzene rings is 2. The van der Waals surface area contributed by atoms with Gasteiger partial charge in [0.2, 0.25) is 10.0 Å². The van der Waals surface area contributed by atoms with E-state index in [4.69, 9.17) is 11.6 Å². The van der Waals surface area contributed by atoms with E-state index in [9.17, 15) is 13.2 Å². The van der Waals surface area contributed by atoms with Gasteiger partial charge in [0.05, 0.1) is 10.6 Å². The molecule has 0 aliphatic carbocycles. The fourth-order valence-electron chi connectivity index (χ4n) is 3.85. The Bertz CT molecular complexity index is 1280. The first-order chi connectivity index (χ1) is 15.6. The van der Waals surface area contributed by atoms with Crippen LogP contribution in [0.4, 0.5) is 0 Å². The van der Waals surface area contributed by atoms with Gasteiger partial charge in [-0.2, -0.15) is 4.31 Å². The topological polar surface area (TPSA) is 73.8 Å². The van der Waals surface area contributed by atoms with E-state index in [0.29, 0.717) is 23.1 Å². The zero-order valence-corrected chi connectivity index (χ0v) is 21.3. The van der Waals surface area contributed by atoms with Gasteiger partial charge in [-0.25, -0.2) is 13.4 Å². The molecule has 2 aromatic carbocycles. The van der Waals surface area contributed by atoms with Gasteiger partial charge < -0.3 is 9.80 Å². The number of likely N-dealkylation sites (N-methyl/N-ethyl adjacent to an activating group) is 1. The summed E-state index contributed by atoms with van der Waals surface area (Å²) >= 11 is 7.47. The first kappa shape index (κ1) is 24.1. The number of fused-ring (bicyclic) bond motifs is 1. The summed E-state index contributed by atoms with van der Waals surface area (Å²) in [6, 6.07) is 10.4. The lowest BCUT2D eigenvalue weighted by Crippen LogP contribution is -2.50. The molecule has 1 saturated heterocycles. The van der Waals surface area contributed by atoms with Gasteiger partial charge in [0.1, 0.15) is 0 Å². The summed E-state index contributed by atoms with van der Waals surface area (Å²) in [5, 5.41) is 2.80. The van der Waals surface area contributed by atoms with Crippen molar-refractivity contribution < 1.29 is 13.2 Å². The fourth-order valence-corrected chi connectivity index (χ4v) is 6.51. The minimum absolute atomic E-state index is 0.126. The van der Waals surface area contributed by atoms with E-state index in [2.05, 4.69) is 9.88 Å². The summed E-state index contributed by atoms with van der Waals surface area (Å²) in [5.74, 6) is -0.126. The zero-order chi connectivity index (χ0) is 23.8. The highest BCUT2D eigenvalue weighted by atomic mass is 35.5. The average Bonchev–Trinajstić information content (AvgIpc) is 3.17. The van der Waals surface area contributed by atoms with Crippen LogP contribution in [0.2, 0.25) is 5.02 Å². The normalized spacial score (nSPS) is 15.5. The molecule has 0 spiro atoms. The Kier molecular flexibility index (Phi) is 7.07. The highest BCUT2D eigenvalue weighted by Gasteiger charge is 2.31. The fraction of sp³-hybridized carbons (Fsp3) is 0.391. The molecule has 10 heteroatoms. The molecule has 33 heavy (non-hydrogen) atoms. The van der Waals surface area contributed by atoms with Gasteiger partial charge in [-0.1, -0.05) is 23.7 Å². The van der Waals surface area contributed by atoms with Gasteiger partial charge >= 0.3 is 0 Å². The lowest BCUT2D eigenvalue weighted by Gasteiger charge is -2.33. The molecule has 1 aliphatic heterocycles. The van der Waals surface area contributed by atoms with Gasteiger partial charge in [-0.05, 0) is 62.5 Å². The average molecular weight is 507 g/mol. The number of hydrogen-bond acceptors (Lipinski definition) is 6. The molecule has 4 rings (SSSR count). The van der Waals surface area contributed by atoms with Crippen molar-refractivity contribution in [2.75, 3.05) is 46.8 Å². The Morgan fingerprint density at radius 2 is 1.76 bits per heavy atom. The van der Waals surface area contributed by atoms with Crippen LogP contribution in [0.1, 0.15) is 20.4 Å². The van der Waals surface area contributed by atoms with Crippen LogP contribution in [-0.4, -0.2) is 80.2 Å². The van der Waals surface area contributed by atoms with Crippen LogP contribution in [0.25, 0.3) is 10.8 Å². The summed E-state index contributed by atoms with van der Waals surface area (Å²) < 4.78 is 27.9. The molecule has 3 aromatic rings. The largest absolute Gasteiger partial charge is 0.334 e. The lowest BCUT2D eigenvalue weighted by atomic mass is 10.1. The molecule has 2 heterocycles. The molecular formula is C23H27ClN4O3S2. The Balaban J connectivity index is 1.43. The van der Waals surface area contributed by atoms with Crippen LogP contribution in [0, 0.1) is 6.92 Å². The van der Waals surface area contributed by atoms with E-state index in [1.807, 2.05) is 33.2 Å². The predicted octanol–water partition coefficient (Wildman–Crippen LogP) is 3.51. The minimum Gasteiger partial charge on any atom is -0.334 e. The summed E-state index contributed by atoms with van der Waals surface area (Å²) in [7, 11) is 0.384. The zero-order valence-electron chi connectivity index (χ0n) is 18.9. The second-order valence-corrected chi connectivity index (χ2v) is 11.9. The van der Waals surface area contributed by atoms with Crippen molar-refractivity contribution in [2.45, 2.75) is 18.2 Å². The molecule has 7 nitrogen and oxygen atoms in total. The SMILES string of the molecule is Cc1nc(C(=O)N2CCN(S(=O)(=O)c3ccc4cc(Cl)ccc4c3)CC2)sc1CCN(C)C. The number of thiazole rings is 1. The summed E-state index contributed by atoms with van der Waals surface area (Å²) in [5.41, 5.74) is 0.893. The van der Waals surface area contributed by atoms with Crippen molar-refractivity contribution in [3.8, 4) is 0 Å². The molecular weight excluding hydrogens is 480 g/mol. The van der Waals surface area contributed by atoms with Gasteiger partial charge in [-0.15, -0.1) is 11.3 Å². The van der Waals surface area contributed by atoms with Crippen molar-refractivity contribution in [3.63, 3.8) is 0 Å².